The first kappa shape index (κ1) is 19.1. The topological polar surface area (TPSA) is 73.9 Å². The van der Waals surface area contributed by atoms with Crippen molar-refractivity contribution in [3.8, 4) is 0 Å². The van der Waals surface area contributed by atoms with Gasteiger partial charge in [0.25, 0.3) is 0 Å². The third-order valence-electron chi connectivity index (χ3n) is 3.29. The highest BCUT2D eigenvalue weighted by atomic mass is 16.5. The molecule has 0 radical (unpaired) electrons. The van der Waals surface area contributed by atoms with Crippen molar-refractivity contribution in [2.45, 2.75) is 25.3 Å². The number of carbonyl (C=O) groups is 2. The minimum absolute atomic E-state index is 0.102. The lowest BCUT2D eigenvalue weighted by atomic mass is 10.0. The van der Waals surface area contributed by atoms with Crippen molar-refractivity contribution in [3.05, 3.63) is 35.9 Å². The Morgan fingerprint density at radius 1 is 1.13 bits per heavy atom. The van der Waals surface area contributed by atoms with Gasteiger partial charge in [-0.2, -0.15) is 0 Å². The molecular weight excluding hydrogens is 298 g/mol. The van der Waals surface area contributed by atoms with E-state index in [0.717, 1.165) is 12.8 Å². The number of aryl methyl sites for hydroxylation is 1. The Morgan fingerprint density at radius 2 is 1.87 bits per heavy atom. The quantitative estimate of drug-likeness (QED) is 0.491. The molecule has 0 saturated carbocycles. The normalized spacial score (nSPS) is 11.7. The van der Waals surface area contributed by atoms with Gasteiger partial charge in [0.15, 0.2) is 0 Å². The average Bonchev–Trinajstić information content (AvgIpc) is 2.58. The first-order valence-electron chi connectivity index (χ1n) is 7.65. The third-order valence-corrected chi connectivity index (χ3v) is 3.29. The summed E-state index contributed by atoms with van der Waals surface area (Å²) < 4.78 is 14.7. The summed E-state index contributed by atoms with van der Waals surface area (Å²) in [6, 6.07) is 9.34. The number of hydrogen-bond acceptors (Lipinski definition) is 5. The Bertz CT molecular complexity index is 463. The summed E-state index contributed by atoms with van der Waals surface area (Å²) >= 11 is 0. The number of amides is 1. The van der Waals surface area contributed by atoms with Gasteiger partial charge < -0.3 is 19.5 Å². The molecule has 1 rings (SSSR count). The van der Waals surface area contributed by atoms with Gasteiger partial charge in [0.05, 0.1) is 20.3 Å². The highest BCUT2D eigenvalue weighted by Gasteiger charge is 2.21. The molecule has 1 N–H and O–H groups in total. The van der Waals surface area contributed by atoms with E-state index >= 15 is 0 Å². The largest absolute Gasteiger partial charge is 0.467 e. The van der Waals surface area contributed by atoms with Gasteiger partial charge in [-0.3, -0.25) is 4.79 Å². The van der Waals surface area contributed by atoms with Crippen LogP contribution in [0.4, 0.5) is 0 Å². The first-order chi connectivity index (χ1) is 11.2. The number of methoxy groups -OCH3 is 2. The molecule has 128 valence electrons. The van der Waals surface area contributed by atoms with Gasteiger partial charge >= 0.3 is 5.97 Å². The molecule has 0 heterocycles. The van der Waals surface area contributed by atoms with Crippen molar-refractivity contribution in [1.29, 1.82) is 0 Å². The zero-order valence-electron chi connectivity index (χ0n) is 13.7. The van der Waals surface area contributed by atoms with Gasteiger partial charge in [0.2, 0.25) is 5.91 Å². The minimum atomic E-state index is -0.651. The van der Waals surface area contributed by atoms with Crippen LogP contribution in [-0.2, 0) is 30.2 Å². The fourth-order valence-corrected chi connectivity index (χ4v) is 2.09. The van der Waals surface area contributed by atoms with Crippen LogP contribution in [-0.4, -0.2) is 52.0 Å². The first-order valence-corrected chi connectivity index (χ1v) is 7.65. The molecular formula is C17H25NO5. The highest BCUT2D eigenvalue weighted by molar-refractivity contribution is 5.84. The second kappa shape index (κ2) is 11.6. The van der Waals surface area contributed by atoms with Crippen LogP contribution in [0.3, 0.4) is 0 Å². The van der Waals surface area contributed by atoms with Crippen molar-refractivity contribution >= 4 is 11.9 Å². The maximum absolute atomic E-state index is 11.8. The highest BCUT2D eigenvalue weighted by Crippen LogP contribution is 2.07. The monoisotopic (exact) mass is 323 g/mol. The van der Waals surface area contributed by atoms with Gasteiger partial charge in [-0.1, -0.05) is 30.3 Å². The Hall–Kier alpha value is -1.92. The van der Waals surface area contributed by atoms with E-state index in [0.29, 0.717) is 19.6 Å². The van der Waals surface area contributed by atoms with E-state index in [1.165, 1.54) is 12.7 Å². The Kier molecular flexibility index (Phi) is 9.66. The van der Waals surface area contributed by atoms with E-state index in [2.05, 4.69) is 5.32 Å². The van der Waals surface area contributed by atoms with Crippen LogP contribution < -0.4 is 5.32 Å². The molecule has 1 atom stereocenters. The van der Waals surface area contributed by atoms with Crippen molar-refractivity contribution in [3.63, 3.8) is 0 Å². The summed E-state index contributed by atoms with van der Waals surface area (Å²) in [7, 11) is 2.87. The Balaban J connectivity index is 2.37. The van der Waals surface area contributed by atoms with E-state index in [1.807, 2.05) is 30.3 Å². The molecule has 0 spiro atoms. The predicted octanol–water partition coefficient (Wildman–Crippen LogP) is 1.33. The average molecular weight is 323 g/mol. The number of nitrogens with one attached hydrogen (secondary N) is 1. The van der Waals surface area contributed by atoms with Crippen LogP contribution in [0.25, 0.3) is 0 Å². The number of rotatable bonds is 11. The van der Waals surface area contributed by atoms with Crippen molar-refractivity contribution in [2.75, 3.05) is 34.0 Å². The maximum atomic E-state index is 11.8. The summed E-state index contributed by atoms with van der Waals surface area (Å²) in [5, 5.41) is 2.65. The van der Waals surface area contributed by atoms with E-state index in [1.54, 1.807) is 7.11 Å². The summed E-state index contributed by atoms with van der Waals surface area (Å²) in [6.45, 7) is 0.654. The van der Waals surface area contributed by atoms with E-state index in [4.69, 9.17) is 14.2 Å². The van der Waals surface area contributed by atoms with Crippen LogP contribution >= 0.6 is 0 Å². The van der Waals surface area contributed by atoms with Crippen molar-refractivity contribution in [1.82, 2.24) is 5.32 Å². The standard InChI is InChI=1S/C17H25NO5/c1-21-11-12-23-13-16(19)18-15(17(20)22-2)10-6-9-14-7-4-3-5-8-14/h3-5,7-8,15H,6,9-13H2,1-2H3,(H,18,19)/t15-/m1/s1. The van der Waals surface area contributed by atoms with Crippen molar-refractivity contribution in [2.24, 2.45) is 0 Å². The second-order valence-corrected chi connectivity index (χ2v) is 5.07. The molecule has 0 aliphatic carbocycles. The number of esters is 1. The zero-order valence-corrected chi connectivity index (χ0v) is 13.7. The smallest absolute Gasteiger partial charge is 0.328 e. The lowest BCUT2D eigenvalue weighted by Gasteiger charge is -2.16. The molecule has 1 amide bonds. The zero-order chi connectivity index (χ0) is 16.9. The summed E-state index contributed by atoms with van der Waals surface area (Å²) in [6.07, 6.45) is 2.13. The molecule has 0 aliphatic heterocycles. The predicted molar refractivity (Wildman–Crippen MR) is 86.0 cm³/mol. The Labute approximate surface area is 137 Å². The molecule has 6 nitrogen and oxygen atoms in total. The van der Waals surface area contributed by atoms with Gasteiger partial charge in [-0.05, 0) is 24.8 Å². The molecule has 0 saturated heterocycles. The lowest BCUT2D eigenvalue weighted by molar-refractivity contribution is -0.146. The van der Waals surface area contributed by atoms with Gasteiger partial charge in [-0.15, -0.1) is 0 Å². The number of carbonyl (C=O) groups excluding carboxylic acids is 2. The molecule has 6 heteroatoms. The number of hydrogen-bond donors (Lipinski definition) is 1. The lowest BCUT2D eigenvalue weighted by Crippen LogP contribution is -2.43. The Morgan fingerprint density at radius 3 is 2.52 bits per heavy atom. The SMILES string of the molecule is COCCOCC(=O)N[C@H](CCCc1ccccc1)C(=O)OC. The van der Waals surface area contributed by atoms with Gasteiger partial charge in [-0.25, -0.2) is 4.79 Å². The van der Waals surface area contributed by atoms with E-state index in [9.17, 15) is 9.59 Å². The minimum Gasteiger partial charge on any atom is -0.467 e. The fraction of sp³-hybridized carbons (Fsp3) is 0.529. The summed E-state index contributed by atoms with van der Waals surface area (Å²) in [4.78, 5) is 23.6. The third kappa shape index (κ3) is 8.32. The van der Waals surface area contributed by atoms with Gasteiger partial charge in [0.1, 0.15) is 12.6 Å². The number of ether oxygens (including phenoxy) is 3. The fourth-order valence-electron chi connectivity index (χ4n) is 2.09. The second-order valence-electron chi connectivity index (χ2n) is 5.07. The molecule has 1 aromatic carbocycles. The van der Waals surface area contributed by atoms with Crippen LogP contribution in [0.15, 0.2) is 30.3 Å². The van der Waals surface area contributed by atoms with Crippen LogP contribution in [0.2, 0.25) is 0 Å². The van der Waals surface area contributed by atoms with Crippen molar-refractivity contribution < 1.29 is 23.8 Å². The summed E-state index contributed by atoms with van der Waals surface area (Å²) in [5.41, 5.74) is 1.20. The molecule has 0 unspecified atom stereocenters. The number of benzene rings is 1. The molecule has 0 aliphatic rings. The molecule has 23 heavy (non-hydrogen) atoms. The van der Waals surface area contributed by atoms with Crippen LogP contribution in [0, 0.1) is 0 Å². The molecule has 0 aromatic heterocycles. The maximum Gasteiger partial charge on any atom is 0.328 e. The van der Waals surface area contributed by atoms with Crippen LogP contribution in [0.5, 0.6) is 0 Å². The summed E-state index contributed by atoms with van der Waals surface area (Å²) in [5.74, 6) is -0.778. The van der Waals surface area contributed by atoms with E-state index < -0.39 is 12.0 Å². The molecule has 0 fully saturated rings. The van der Waals surface area contributed by atoms with Crippen LogP contribution in [0.1, 0.15) is 18.4 Å². The van der Waals surface area contributed by atoms with E-state index in [-0.39, 0.29) is 12.5 Å². The molecule has 1 aromatic rings. The van der Waals surface area contributed by atoms with Gasteiger partial charge in [0, 0.05) is 7.11 Å². The molecule has 0 bridgehead atoms.